The number of amides is 1. The molecule has 10 nitrogen and oxygen atoms in total. The first-order chi connectivity index (χ1) is 15.0. The molecule has 2 unspecified atom stereocenters. The fourth-order valence-corrected chi connectivity index (χ4v) is 3.36. The number of aliphatic hydroxyl groups excluding tert-OH is 2. The summed E-state index contributed by atoms with van der Waals surface area (Å²) >= 11 is 0. The van der Waals surface area contributed by atoms with Crippen LogP contribution in [-0.2, 0) is 9.53 Å². The minimum atomic E-state index is -1.39. The lowest BCUT2D eigenvalue weighted by Crippen LogP contribution is -2.42. The Kier molecular flexibility index (Phi) is 5.81. The largest absolute Gasteiger partial charge is 0.387 e. The third-order valence-corrected chi connectivity index (χ3v) is 4.87. The van der Waals surface area contributed by atoms with Crippen LogP contribution in [-0.4, -0.2) is 67.5 Å². The first-order valence-corrected chi connectivity index (χ1v) is 9.82. The number of likely N-dealkylation sites (N-methyl/N-ethyl adjacent to an activating group) is 1. The molecule has 0 saturated carbocycles. The van der Waals surface area contributed by atoms with Gasteiger partial charge in [0.05, 0.1) is 6.33 Å². The molecule has 0 aliphatic carbocycles. The van der Waals surface area contributed by atoms with Gasteiger partial charge in [-0.05, 0) is 25.0 Å². The molecule has 0 spiro atoms. The van der Waals surface area contributed by atoms with E-state index in [4.69, 9.17) is 4.74 Å². The van der Waals surface area contributed by atoms with Crippen molar-refractivity contribution < 1.29 is 19.7 Å². The van der Waals surface area contributed by atoms with Gasteiger partial charge in [-0.3, -0.25) is 9.36 Å². The predicted molar refractivity (Wildman–Crippen MR) is 112 cm³/mol. The van der Waals surface area contributed by atoms with Crippen LogP contribution in [0.1, 0.15) is 24.5 Å². The number of aliphatic hydroxyl groups is 2. The van der Waals surface area contributed by atoms with E-state index in [1.807, 2.05) is 30.3 Å². The SMILES string of the molecule is CCNC(=O)[C@H]1O[C@@H](n2cnc3c(NC)nc(C#Cc4ccccc4)nc32)C(O)C1O. The molecule has 4 atom stereocenters. The highest BCUT2D eigenvalue weighted by molar-refractivity contribution is 5.84. The first kappa shape index (κ1) is 20.7. The van der Waals surface area contributed by atoms with Crippen molar-refractivity contribution >= 4 is 22.9 Å². The zero-order valence-electron chi connectivity index (χ0n) is 17.0. The third-order valence-electron chi connectivity index (χ3n) is 4.87. The van der Waals surface area contributed by atoms with Crippen molar-refractivity contribution in [2.75, 3.05) is 18.9 Å². The smallest absolute Gasteiger partial charge is 0.252 e. The van der Waals surface area contributed by atoms with E-state index in [0.29, 0.717) is 23.5 Å². The Morgan fingerprint density at radius 2 is 1.97 bits per heavy atom. The molecule has 4 rings (SSSR count). The number of nitrogens with zero attached hydrogens (tertiary/aromatic N) is 4. The summed E-state index contributed by atoms with van der Waals surface area (Å²) in [6.07, 6.45) is -3.58. The van der Waals surface area contributed by atoms with E-state index in [1.165, 1.54) is 10.9 Å². The van der Waals surface area contributed by atoms with Crippen LogP contribution in [0.3, 0.4) is 0 Å². The quantitative estimate of drug-likeness (QED) is 0.433. The van der Waals surface area contributed by atoms with Crippen molar-refractivity contribution in [3.63, 3.8) is 0 Å². The lowest BCUT2D eigenvalue weighted by atomic mass is 10.1. The molecule has 31 heavy (non-hydrogen) atoms. The summed E-state index contributed by atoms with van der Waals surface area (Å²) in [6, 6.07) is 9.43. The summed E-state index contributed by atoms with van der Waals surface area (Å²) in [5.41, 5.74) is 1.61. The van der Waals surface area contributed by atoms with Gasteiger partial charge in [0.15, 0.2) is 29.3 Å². The van der Waals surface area contributed by atoms with Crippen molar-refractivity contribution in [2.45, 2.75) is 31.5 Å². The van der Waals surface area contributed by atoms with E-state index < -0.39 is 30.4 Å². The minimum Gasteiger partial charge on any atom is -0.387 e. The number of benzene rings is 1. The topological polar surface area (TPSA) is 134 Å². The number of fused-ring (bicyclic) bond motifs is 1. The molecule has 1 aliphatic heterocycles. The Labute approximate surface area is 178 Å². The summed E-state index contributed by atoms with van der Waals surface area (Å²) in [4.78, 5) is 25.3. The maximum atomic E-state index is 12.2. The van der Waals surface area contributed by atoms with Crippen molar-refractivity contribution in [3.8, 4) is 11.8 Å². The van der Waals surface area contributed by atoms with E-state index in [0.717, 1.165) is 5.56 Å². The predicted octanol–water partition coefficient (Wildman–Crippen LogP) is 0.0231. The summed E-state index contributed by atoms with van der Waals surface area (Å²) < 4.78 is 7.16. The number of anilines is 1. The van der Waals surface area contributed by atoms with Gasteiger partial charge >= 0.3 is 0 Å². The van der Waals surface area contributed by atoms with Crippen LogP contribution >= 0.6 is 0 Å². The lowest BCUT2D eigenvalue weighted by Gasteiger charge is -2.16. The monoisotopic (exact) mass is 422 g/mol. The molecular weight excluding hydrogens is 400 g/mol. The van der Waals surface area contributed by atoms with Crippen LogP contribution in [0.2, 0.25) is 0 Å². The fraction of sp³-hybridized carbons (Fsp3) is 0.333. The average molecular weight is 422 g/mol. The van der Waals surface area contributed by atoms with Crippen LogP contribution in [0.25, 0.3) is 11.2 Å². The third kappa shape index (κ3) is 3.94. The Morgan fingerprint density at radius 1 is 1.19 bits per heavy atom. The van der Waals surface area contributed by atoms with Gasteiger partial charge in [0.1, 0.15) is 12.2 Å². The van der Waals surface area contributed by atoms with Crippen molar-refractivity contribution in [3.05, 3.63) is 48.0 Å². The van der Waals surface area contributed by atoms with Crippen molar-refractivity contribution in [1.29, 1.82) is 0 Å². The molecule has 10 heteroatoms. The van der Waals surface area contributed by atoms with E-state index in [9.17, 15) is 15.0 Å². The molecule has 0 bridgehead atoms. The molecule has 0 radical (unpaired) electrons. The number of rotatable bonds is 4. The Bertz CT molecular complexity index is 1150. The molecule has 4 N–H and O–H groups in total. The average Bonchev–Trinajstić information content (AvgIpc) is 3.33. The number of ether oxygens (including phenoxy) is 1. The highest BCUT2D eigenvalue weighted by Crippen LogP contribution is 2.32. The molecule has 1 aromatic carbocycles. The summed E-state index contributed by atoms with van der Waals surface area (Å²) in [5, 5.41) is 26.4. The van der Waals surface area contributed by atoms with Crippen molar-refractivity contribution in [1.82, 2.24) is 24.8 Å². The highest BCUT2D eigenvalue weighted by atomic mass is 16.6. The van der Waals surface area contributed by atoms with Gasteiger partial charge < -0.3 is 25.6 Å². The van der Waals surface area contributed by atoms with E-state index in [1.54, 1.807) is 14.0 Å². The van der Waals surface area contributed by atoms with E-state index in [-0.39, 0.29) is 5.82 Å². The standard InChI is InChI=1S/C21H22N6O4/c1-3-23-20(30)17-15(28)16(29)21(31-17)27-11-24-14-18(22-2)25-13(26-19(14)27)10-9-12-7-5-4-6-8-12/h4-8,11,15-17,21,28-29H,3H2,1-2H3,(H,23,30)(H,22,25,26)/t15?,16?,17-,21+/m0/s1. The van der Waals surface area contributed by atoms with E-state index >= 15 is 0 Å². The van der Waals surface area contributed by atoms with Gasteiger partial charge in [-0.2, -0.15) is 0 Å². The van der Waals surface area contributed by atoms with Gasteiger partial charge in [0, 0.05) is 19.2 Å². The zero-order valence-corrected chi connectivity index (χ0v) is 17.0. The Hall–Kier alpha value is -3.52. The number of carbonyl (C=O) groups is 1. The van der Waals surface area contributed by atoms with E-state index in [2.05, 4.69) is 37.4 Å². The molecule has 3 aromatic rings. The summed E-state index contributed by atoms with van der Waals surface area (Å²) in [7, 11) is 1.70. The fourth-order valence-electron chi connectivity index (χ4n) is 3.36. The molecule has 1 amide bonds. The highest BCUT2D eigenvalue weighted by Gasteiger charge is 2.47. The number of hydrogen-bond acceptors (Lipinski definition) is 8. The van der Waals surface area contributed by atoms with Crippen LogP contribution in [0.4, 0.5) is 5.82 Å². The lowest BCUT2D eigenvalue weighted by molar-refractivity contribution is -0.137. The molecule has 1 fully saturated rings. The number of carbonyl (C=O) groups excluding carboxylic acids is 1. The molecule has 160 valence electrons. The number of nitrogens with one attached hydrogen (secondary N) is 2. The normalized spacial score (nSPS) is 22.7. The van der Waals surface area contributed by atoms with Crippen molar-refractivity contribution in [2.24, 2.45) is 0 Å². The second-order valence-corrected chi connectivity index (χ2v) is 6.91. The van der Waals surface area contributed by atoms with Crippen LogP contribution in [0.15, 0.2) is 36.7 Å². The van der Waals surface area contributed by atoms with Crippen LogP contribution in [0, 0.1) is 11.8 Å². The molecule has 1 saturated heterocycles. The number of imidazole rings is 1. The number of hydrogen-bond donors (Lipinski definition) is 4. The van der Waals surface area contributed by atoms with Gasteiger partial charge in [-0.25, -0.2) is 15.0 Å². The molecule has 1 aliphatic rings. The second kappa shape index (κ2) is 8.69. The van der Waals surface area contributed by atoms with Crippen LogP contribution < -0.4 is 10.6 Å². The second-order valence-electron chi connectivity index (χ2n) is 6.91. The molecular formula is C21H22N6O4. The maximum absolute atomic E-state index is 12.2. The molecule has 3 heterocycles. The Morgan fingerprint density at radius 3 is 2.68 bits per heavy atom. The van der Waals surface area contributed by atoms with Gasteiger partial charge in [0.25, 0.3) is 5.91 Å². The number of aromatic nitrogens is 4. The van der Waals surface area contributed by atoms with Gasteiger partial charge in [0.2, 0.25) is 5.82 Å². The summed E-state index contributed by atoms with van der Waals surface area (Å²) in [5.74, 6) is 6.13. The zero-order chi connectivity index (χ0) is 22.0. The van der Waals surface area contributed by atoms with Gasteiger partial charge in [-0.15, -0.1) is 0 Å². The Balaban J connectivity index is 1.72. The molecule has 2 aromatic heterocycles. The van der Waals surface area contributed by atoms with Crippen LogP contribution in [0.5, 0.6) is 0 Å². The minimum absolute atomic E-state index is 0.246. The van der Waals surface area contributed by atoms with Gasteiger partial charge in [-0.1, -0.05) is 24.1 Å². The summed E-state index contributed by atoms with van der Waals surface area (Å²) in [6.45, 7) is 2.13. The maximum Gasteiger partial charge on any atom is 0.252 e. The first-order valence-electron chi connectivity index (χ1n) is 9.82.